The molecule has 0 bridgehead atoms. The van der Waals surface area contributed by atoms with Crippen molar-refractivity contribution in [2.75, 3.05) is 26.1 Å². The summed E-state index contributed by atoms with van der Waals surface area (Å²) in [4.78, 5) is 33.7. The molecule has 0 heterocycles. The highest BCUT2D eigenvalue weighted by Crippen LogP contribution is 2.28. The summed E-state index contributed by atoms with van der Waals surface area (Å²) in [5.74, 6) is -0.533. The normalized spacial score (nSPS) is 9.92. The van der Waals surface area contributed by atoms with Crippen LogP contribution in [0.1, 0.15) is 10.4 Å². The minimum absolute atomic E-state index is 0.0682. The predicted molar refractivity (Wildman–Crippen MR) is 91.6 cm³/mol. The zero-order valence-electron chi connectivity index (χ0n) is 14.1. The molecule has 0 aliphatic rings. The number of hydrogen-bond donors (Lipinski definition) is 1. The number of methoxy groups -OCH3 is 2. The van der Waals surface area contributed by atoms with Gasteiger partial charge in [-0.15, -0.1) is 0 Å². The molecule has 0 aliphatic carbocycles. The van der Waals surface area contributed by atoms with Gasteiger partial charge in [0.15, 0.2) is 12.4 Å². The third kappa shape index (κ3) is 4.69. The first kappa shape index (κ1) is 18.7. The zero-order valence-corrected chi connectivity index (χ0v) is 14.1. The van der Waals surface area contributed by atoms with Gasteiger partial charge in [-0.1, -0.05) is 0 Å². The van der Waals surface area contributed by atoms with Gasteiger partial charge in [-0.25, -0.2) is 4.79 Å². The summed E-state index contributed by atoms with van der Waals surface area (Å²) in [6.07, 6.45) is 0. The van der Waals surface area contributed by atoms with Crippen LogP contribution in [-0.4, -0.2) is 37.6 Å². The van der Waals surface area contributed by atoms with Crippen LogP contribution in [0.2, 0.25) is 0 Å². The predicted octanol–water partition coefficient (Wildman–Crippen LogP) is 2.41. The van der Waals surface area contributed by atoms with Crippen LogP contribution >= 0.6 is 0 Å². The number of nitro groups is 1. The Morgan fingerprint density at radius 2 is 1.81 bits per heavy atom. The summed E-state index contributed by atoms with van der Waals surface area (Å²) in [5, 5.41) is 13.6. The van der Waals surface area contributed by atoms with E-state index >= 15 is 0 Å². The topological polar surface area (TPSA) is 117 Å². The van der Waals surface area contributed by atoms with E-state index in [0.29, 0.717) is 11.4 Å². The van der Waals surface area contributed by atoms with Gasteiger partial charge in [-0.2, -0.15) is 0 Å². The Balaban J connectivity index is 2.06. The quantitative estimate of drug-likeness (QED) is 0.458. The van der Waals surface area contributed by atoms with Gasteiger partial charge >= 0.3 is 11.7 Å². The van der Waals surface area contributed by atoms with Crippen molar-refractivity contribution in [3.05, 3.63) is 58.1 Å². The van der Waals surface area contributed by atoms with Crippen LogP contribution in [0, 0.1) is 10.1 Å². The molecule has 9 heteroatoms. The lowest BCUT2D eigenvalue weighted by Gasteiger charge is -2.08. The summed E-state index contributed by atoms with van der Waals surface area (Å²) >= 11 is 0. The molecule has 2 aromatic rings. The minimum atomic E-state index is -0.622. The van der Waals surface area contributed by atoms with Gasteiger partial charge in [0.2, 0.25) is 0 Å². The molecule has 0 radical (unpaired) electrons. The van der Waals surface area contributed by atoms with E-state index < -0.39 is 16.8 Å². The van der Waals surface area contributed by atoms with Crippen molar-refractivity contribution in [3.8, 4) is 11.5 Å². The fourth-order valence-electron chi connectivity index (χ4n) is 2.01. The maximum atomic E-state index is 12.3. The Morgan fingerprint density at radius 1 is 1.12 bits per heavy atom. The Labute approximate surface area is 148 Å². The smallest absolute Gasteiger partial charge is 0.343 e. The van der Waals surface area contributed by atoms with Gasteiger partial charge in [0.25, 0.3) is 5.91 Å². The number of rotatable bonds is 7. The SMILES string of the molecule is COC(=O)COc1ccc(NC(=O)c2ccc(OC)c([N+](=O)[O-])c2)cc1. The first-order valence-corrected chi connectivity index (χ1v) is 7.38. The van der Waals surface area contributed by atoms with Crippen molar-refractivity contribution in [2.24, 2.45) is 0 Å². The fraction of sp³-hybridized carbons (Fsp3) is 0.176. The number of benzene rings is 2. The lowest BCUT2D eigenvalue weighted by atomic mass is 10.1. The molecule has 0 atom stereocenters. The Kier molecular flexibility index (Phi) is 6.10. The Hall–Kier alpha value is -3.62. The van der Waals surface area contributed by atoms with E-state index in [4.69, 9.17) is 9.47 Å². The molecular weight excluding hydrogens is 344 g/mol. The summed E-state index contributed by atoms with van der Waals surface area (Å²) in [6, 6.07) is 10.2. The number of carbonyl (C=O) groups is 2. The Morgan fingerprint density at radius 3 is 2.38 bits per heavy atom. The molecule has 1 N–H and O–H groups in total. The first-order chi connectivity index (χ1) is 12.4. The summed E-state index contributed by atoms with van der Waals surface area (Å²) in [6.45, 7) is -0.224. The molecule has 0 aromatic heterocycles. The van der Waals surface area contributed by atoms with Crippen LogP contribution in [0.25, 0.3) is 0 Å². The standard InChI is InChI=1S/C17H16N2O7/c1-24-15-8-3-11(9-14(15)19(22)23)17(21)18-12-4-6-13(7-5-12)26-10-16(20)25-2/h3-9H,10H2,1-2H3,(H,18,21). The van der Waals surface area contributed by atoms with Gasteiger partial charge in [-0.05, 0) is 36.4 Å². The average Bonchev–Trinajstić information content (AvgIpc) is 2.66. The van der Waals surface area contributed by atoms with Gasteiger partial charge in [0.1, 0.15) is 5.75 Å². The maximum Gasteiger partial charge on any atom is 0.343 e. The molecule has 0 saturated carbocycles. The van der Waals surface area contributed by atoms with E-state index in [9.17, 15) is 19.7 Å². The lowest BCUT2D eigenvalue weighted by molar-refractivity contribution is -0.385. The van der Waals surface area contributed by atoms with E-state index in [0.717, 1.165) is 6.07 Å². The lowest BCUT2D eigenvalue weighted by Crippen LogP contribution is -2.13. The van der Waals surface area contributed by atoms with Gasteiger partial charge in [-0.3, -0.25) is 14.9 Å². The molecule has 136 valence electrons. The van der Waals surface area contributed by atoms with Crippen LogP contribution in [-0.2, 0) is 9.53 Å². The highest BCUT2D eigenvalue weighted by molar-refractivity contribution is 6.04. The summed E-state index contributed by atoms with van der Waals surface area (Å²) < 4.78 is 14.6. The van der Waals surface area contributed by atoms with Crippen LogP contribution < -0.4 is 14.8 Å². The molecule has 0 aliphatic heterocycles. The second-order valence-electron chi connectivity index (χ2n) is 4.99. The monoisotopic (exact) mass is 360 g/mol. The highest BCUT2D eigenvalue weighted by atomic mass is 16.6. The molecular formula is C17H16N2O7. The molecule has 0 fully saturated rings. The Bertz CT molecular complexity index is 818. The molecule has 26 heavy (non-hydrogen) atoms. The second kappa shape index (κ2) is 8.47. The van der Waals surface area contributed by atoms with Crippen molar-refractivity contribution >= 4 is 23.3 Å². The minimum Gasteiger partial charge on any atom is -0.490 e. The van der Waals surface area contributed by atoms with Crippen molar-refractivity contribution < 1.29 is 28.7 Å². The largest absolute Gasteiger partial charge is 0.490 e. The van der Waals surface area contributed by atoms with Crippen LogP contribution in [0.3, 0.4) is 0 Å². The van der Waals surface area contributed by atoms with Gasteiger partial charge in [0, 0.05) is 17.3 Å². The molecule has 2 aromatic carbocycles. The van der Waals surface area contributed by atoms with Crippen LogP contribution in [0.5, 0.6) is 11.5 Å². The number of amides is 1. The van der Waals surface area contributed by atoms with E-state index in [-0.39, 0.29) is 23.6 Å². The number of anilines is 1. The van der Waals surface area contributed by atoms with E-state index in [2.05, 4.69) is 10.1 Å². The van der Waals surface area contributed by atoms with Crippen LogP contribution in [0.15, 0.2) is 42.5 Å². The zero-order chi connectivity index (χ0) is 19.1. The van der Waals surface area contributed by atoms with E-state index in [1.165, 1.54) is 26.4 Å². The highest BCUT2D eigenvalue weighted by Gasteiger charge is 2.18. The van der Waals surface area contributed by atoms with Crippen molar-refractivity contribution in [3.63, 3.8) is 0 Å². The average molecular weight is 360 g/mol. The molecule has 2 rings (SSSR count). The number of esters is 1. The number of hydrogen-bond acceptors (Lipinski definition) is 7. The van der Waals surface area contributed by atoms with Crippen molar-refractivity contribution in [1.29, 1.82) is 0 Å². The first-order valence-electron chi connectivity index (χ1n) is 7.38. The third-order valence-electron chi connectivity index (χ3n) is 3.33. The summed E-state index contributed by atoms with van der Waals surface area (Å²) in [7, 11) is 2.57. The number of carbonyl (C=O) groups excluding carboxylic acids is 2. The number of nitrogens with one attached hydrogen (secondary N) is 1. The van der Waals surface area contributed by atoms with E-state index in [1.807, 2.05) is 0 Å². The van der Waals surface area contributed by atoms with Crippen molar-refractivity contribution in [1.82, 2.24) is 0 Å². The van der Waals surface area contributed by atoms with Gasteiger partial charge < -0.3 is 19.5 Å². The van der Waals surface area contributed by atoms with E-state index in [1.54, 1.807) is 24.3 Å². The van der Waals surface area contributed by atoms with Crippen LogP contribution in [0.4, 0.5) is 11.4 Å². The maximum absolute atomic E-state index is 12.3. The second-order valence-corrected chi connectivity index (χ2v) is 4.99. The molecule has 0 spiro atoms. The molecule has 0 unspecified atom stereocenters. The van der Waals surface area contributed by atoms with Crippen molar-refractivity contribution in [2.45, 2.75) is 0 Å². The third-order valence-corrected chi connectivity index (χ3v) is 3.33. The molecule has 9 nitrogen and oxygen atoms in total. The molecule has 0 saturated heterocycles. The molecule has 1 amide bonds. The van der Waals surface area contributed by atoms with Gasteiger partial charge in [0.05, 0.1) is 19.1 Å². The number of ether oxygens (including phenoxy) is 3. The number of nitrogens with zero attached hydrogens (tertiary/aromatic N) is 1. The summed E-state index contributed by atoms with van der Waals surface area (Å²) in [5.41, 5.74) is 0.272. The number of nitro benzene ring substituents is 1. The fourth-order valence-corrected chi connectivity index (χ4v) is 2.01.